The van der Waals surface area contributed by atoms with Crippen molar-refractivity contribution in [2.24, 2.45) is 0 Å². The van der Waals surface area contributed by atoms with E-state index in [4.69, 9.17) is 4.52 Å². The number of hydrogen-bond acceptors (Lipinski definition) is 6. The van der Waals surface area contributed by atoms with E-state index in [2.05, 4.69) is 31.6 Å². The number of rotatable bonds is 5. The van der Waals surface area contributed by atoms with Crippen molar-refractivity contribution in [3.8, 4) is 22.8 Å². The molecule has 132 valence electrons. The fourth-order valence-electron chi connectivity index (χ4n) is 3.08. The van der Waals surface area contributed by atoms with Crippen molar-refractivity contribution in [1.82, 2.24) is 24.7 Å². The van der Waals surface area contributed by atoms with Gasteiger partial charge < -0.3 is 14.2 Å². The van der Waals surface area contributed by atoms with Crippen molar-refractivity contribution in [3.05, 3.63) is 48.2 Å². The summed E-state index contributed by atoms with van der Waals surface area (Å²) in [6.45, 7) is 4.77. The molecular formula is C19H19N5O2. The van der Waals surface area contributed by atoms with Crippen molar-refractivity contribution in [1.29, 1.82) is 0 Å². The number of aromatic nitrogens is 5. The third-order valence-electron chi connectivity index (χ3n) is 4.29. The van der Waals surface area contributed by atoms with Gasteiger partial charge in [0.1, 0.15) is 0 Å². The van der Waals surface area contributed by atoms with E-state index in [0.29, 0.717) is 11.7 Å². The van der Waals surface area contributed by atoms with E-state index in [9.17, 15) is 5.11 Å². The van der Waals surface area contributed by atoms with Gasteiger partial charge in [-0.05, 0) is 24.6 Å². The Labute approximate surface area is 150 Å². The van der Waals surface area contributed by atoms with Gasteiger partial charge in [0, 0.05) is 42.4 Å². The Hall–Kier alpha value is -3.06. The zero-order chi connectivity index (χ0) is 18.1. The second-order valence-electron chi connectivity index (χ2n) is 6.16. The minimum absolute atomic E-state index is 0.00767. The SMILES string of the molecule is CCCn1cc(CO)c2cc(-c3cc(-c4noc(C)n4)ccn3)ncc21. The average Bonchev–Trinajstić information content (AvgIpc) is 3.25. The first-order chi connectivity index (χ1) is 12.7. The molecule has 0 aliphatic heterocycles. The molecule has 0 aromatic carbocycles. The number of nitrogens with zero attached hydrogens (tertiary/aromatic N) is 5. The predicted molar refractivity (Wildman–Crippen MR) is 97.2 cm³/mol. The van der Waals surface area contributed by atoms with Crippen molar-refractivity contribution in [2.45, 2.75) is 33.4 Å². The van der Waals surface area contributed by atoms with E-state index < -0.39 is 0 Å². The Morgan fingerprint density at radius 1 is 1.19 bits per heavy atom. The Balaban J connectivity index is 1.79. The summed E-state index contributed by atoms with van der Waals surface area (Å²) >= 11 is 0. The Morgan fingerprint density at radius 2 is 2.04 bits per heavy atom. The lowest BCUT2D eigenvalue weighted by Gasteiger charge is -2.05. The van der Waals surface area contributed by atoms with Gasteiger partial charge in [-0.25, -0.2) is 0 Å². The molecule has 4 heterocycles. The summed E-state index contributed by atoms with van der Waals surface area (Å²) in [5, 5.41) is 14.6. The molecular weight excluding hydrogens is 330 g/mol. The molecule has 0 aliphatic rings. The molecule has 1 N–H and O–H groups in total. The molecule has 0 radical (unpaired) electrons. The fraction of sp³-hybridized carbons (Fsp3) is 0.263. The smallest absolute Gasteiger partial charge is 0.223 e. The van der Waals surface area contributed by atoms with E-state index in [1.54, 1.807) is 13.1 Å². The molecule has 0 unspecified atom stereocenters. The van der Waals surface area contributed by atoms with Gasteiger partial charge in [0.2, 0.25) is 11.7 Å². The number of aryl methyl sites for hydroxylation is 2. The Kier molecular flexibility index (Phi) is 4.22. The average molecular weight is 349 g/mol. The number of fused-ring (bicyclic) bond motifs is 1. The van der Waals surface area contributed by atoms with Crippen molar-refractivity contribution in [2.75, 3.05) is 0 Å². The molecule has 4 aromatic rings. The number of pyridine rings is 2. The van der Waals surface area contributed by atoms with Crippen LogP contribution in [0.5, 0.6) is 0 Å². The monoisotopic (exact) mass is 349 g/mol. The molecule has 0 saturated heterocycles. The van der Waals surface area contributed by atoms with Gasteiger partial charge in [-0.15, -0.1) is 0 Å². The summed E-state index contributed by atoms with van der Waals surface area (Å²) in [7, 11) is 0. The highest BCUT2D eigenvalue weighted by atomic mass is 16.5. The first kappa shape index (κ1) is 16.4. The van der Waals surface area contributed by atoms with Crippen LogP contribution in [0.1, 0.15) is 24.8 Å². The summed E-state index contributed by atoms with van der Waals surface area (Å²) in [5.74, 6) is 1.04. The summed E-state index contributed by atoms with van der Waals surface area (Å²) in [4.78, 5) is 13.3. The lowest BCUT2D eigenvalue weighted by atomic mass is 10.1. The van der Waals surface area contributed by atoms with Crippen LogP contribution < -0.4 is 0 Å². The van der Waals surface area contributed by atoms with Crippen LogP contribution >= 0.6 is 0 Å². The maximum Gasteiger partial charge on any atom is 0.223 e. The van der Waals surface area contributed by atoms with E-state index >= 15 is 0 Å². The highest BCUT2D eigenvalue weighted by molar-refractivity contribution is 5.86. The van der Waals surface area contributed by atoms with Crippen LogP contribution in [-0.4, -0.2) is 29.8 Å². The molecule has 0 spiro atoms. The molecule has 7 heteroatoms. The van der Waals surface area contributed by atoms with Crippen molar-refractivity contribution >= 4 is 10.9 Å². The summed E-state index contributed by atoms with van der Waals surface area (Å²) < 4.78 is 7.18. The fourth-order valence-corrected chi connectivity index (χ4v) is 3.08. The van der Waals surface area contributed by atoms with Crippen LogP contribution in [-0.2, 0) is 13.2 Å². The van der Waals surface area contributed by atoms with Gasteiger partial charge in [-0.3, -0.25) is 9.97 Å². The molecule has 0 amide bonds. The van der Waals surface area contributed by atoms with E-state index in [1.807, 2.05) is 30.6 Å². The maximum atomic E-state index is 9.70. The number of aliphatic hydroxyl groups is 1. The largest absolute Gasteiger partial charge is 0.392 e. The first-order valence-electron chi connectivity index (χ1n) is 8.55. The van der Waals surface area contributed by atoms with Crippen molar-refractivity contribution in [3.63, 3.8) is 0 Å². The molecule has 0 atom stereocenters. The van der Waals surface area contributed by atoms with Crippen LogP contribution in [0, 0.1) is 6.92 Å². The lowest BCUT2D eigenvalue weighted by Crippen LogP contribution is -1.95. The van der Waals surface area contributed by atoms with Crippen LogP contribution in [0.4, 0.5) is 0 Å². The highest BCUT2D eigenvalue weighted by Crippen LogP contribution is 2.27. The molecule has 0 fully saturated rings. The molecule has 4 aromatic heterocycles. The summed E-state index contributed by atoms with van der Waals surface area (Å²) in [5.41, 5.74) is 4.19. The molecule has 0 saturated carbocycles. The van der Waals surface area contributed by atoms with Crippen molar-refractivity contribution < 1.29 is 9.63 Å². The zero-order valence-corrected chi connectivity index (χ0v) is 14.7. The van der Waals surface area contributed by atoms with Crippen LogP contribution in [0.25, 0.3) is 33.7 Å². The molecule has 0 aliphatic carbocycles. The zero-order valence-electron chi connectivity index (χ0n) is 14.7. The van der Waals surface area contributed by atoms with E-state index in [0.717, 1.165) is 46.4 Å². The quantitative estimate of drug-likeness (QED) is 0.594. The van der Waals surface area contributed by atoms with Gasteiger partial charge >= 0.3 is 0 Å². The summed E-state index contributed by atoms with van der Waals surface area (Å²) in [6.07, 6.45) is 6.56. The second kappa shape index (κ2) is 6.68. The van der Waals surface area contributed by atoms with Crippen LogP contribution in [0.3, 0.4) is 0 Å². The van der Waals surface area contributed by atoms with Crippen LogP contribution in [0.2, 0.25) is 0 Å². The summed E-state index contributed by atoms with van der Waals surface area (Å²) in [6, 6.07) is 5.70. The molecule has 26 heavy (non-hydrogen) atoms. The number of aliphatic hydroxyl groups excluding tert-OH is 1. The van der Waals surface area contributed by atoms with E-state index in [1.165, 1.54) is 0 Å². The standard InChI is InChI=1S/C19H19N5O2/c1-3-6-24-10-14(11-25)15-8-17(21-9-18(15)24)16-7-13(4-5-20-16)19-22-12(2)26-23-19/h4-5,7-10,25H,3,6,11H2,1-2H3. The van der Waals surface area contributed by atoms with Gasteiger partial charge in [0.15, 0.2) is 0 Å². The molecule has 4 rings (SSSR count). The Morgan fingerprint density at radius 3 is 2.77 bits per heavy atom. The predicted octanol–water partition coefficient (Wildman–Crippen LogP) is 3.36. The van der Waals surface area contributed by atoms with Gasteiger partial charge in [0.25, 0.3) is 0 Å². The normalized spacial score (nSPS) is 11.3. The molecule has 7 nitrogen and oxygen atoms in total. The van der Waals surface area contributed by atoms with Gasteiger partial charge in [-0.1, -0.05) is 12.1 Å². The number of hydrogen-bond donors (Lipinski definition) is 1. The second-order valence-corrected chi connectivity index (χ2v) is 6.16. The molecule has 0 bridgehead atoms. The first-order valence-corrected chi connectivity index (χ1v) is 8.55. The van der Waals surface area contributed by atoms with Crippen LogP contribution in [0.15, 0.2) is 41.3 Å². The minimum Gasteiger partial charge on any atom is -0.392 e. The third kappa shape index (κ3) is 2.86. The van der Waals surface area contributed by atoms with E-state index in [-0.39, 0.29) is 6.61 Å². The van der Waals surface area contributed by atoms with Gasteiger partial charge in [0.05, 0.1) is 29.7 Å². The Bertz CT molecular complexity index is 1070. The minimum atomic E-state index is -0.00767. The topological polar surface area (TPSA) is 89.9 Å². The third-order valence-corrected chi connectivity index (χ3v) is 4.29. The highest BCUT2D eigenvalue weighted by Gasteiger charge is 2.12. The lowest BCUT2D eigenvalue weighted by molar-refractivity contribution is 0.283. The van der Waals surface area contributed by atoms with Gasteiger partial charge in [-0.2, -0.15) is 4.98 Å². The maximum absolute atomic E-state index is 9.70.